The molecular formula is C26H29N3O7. The predicted molar refractivity (Wildman–Crippen MR) is 130 cm³/mol. The maximum Gasteiger partial charge on any atom is 0.409 e. The van der Waals surface area contributed by atoms with E-state index >= 15 is 0 Å². The molecule has 0 bridgehead atoms. The zero-order valence-electron chi connectivity index (χ0n) is 20.5. The van der Waals surface area contributed by atoms with Crippen molar-refractivity contribution >= 4 is 29.6 Å². The molecular weight excluding hydrogens is 466 g/mol. The average Bonchev–Trinajstić information content (AvgIpc) is 3.18. The Kier molecular flexibility index (Phi) is 7.42. The Morgan fingerprint density at radius 1 is 0.972 bits per heavy atom. The van der Waals surface area contributed by atoms with Crippen LogP contribution < -0.4 is 5.32 Å². The summed E-state index contributed by atoms with van der Waals surface area (Å²) in [5.41, 5.74) is 2.19. The van der Waals surface area contributed by atoms with Gasteiger partial charge in [0.25, 0.3) is 5.91 Å². The Hall–Kier alpha value is -4.08. The van der Waals surface area contributed by atoms with Crippen LogP contribution in [0.2, 0.25) is 0 Å². The second-order valence-corrected chi connectivity index (χ2v) is 8.55. The number of methoxy groups -OCH3 is 2. The van der Waals surface area contributed by atoms with E-state index in [0.717, 1.165) is 5.56 Å². The standard InChI is InChI=1S/C26H29N3O7/c1-4-36-26(33)28-11-9-19(10-12-28)29-22(20-7-5-6-8-21(20)23(29)30)27-18-14-16(24(31)34-2)13-17(15-18)25(32)35-3/h5-8,13-15,19,22,27H,4,9-12H2,1-3H3/t22-/m1/s1. The van der Waals surface area contributed by atoms with Crippen LogP contribution in [0.1, 0.15) is 62.6 Å². The zero-order chi connectivity index (χ0) is 25.8. The van der Waals surface area contributed by atoms with Gasteiger partial charge >= 0.3 is 18.0 Å². The van der Waals surface area contributed by atoms with Gasteiger partial charge < -0.3 is 29.3 Å². The lowest BCUT2D eigenvalue weighted by atomic mass is 10.0. The van der Waals surface area contributed by atoms with Crippen molar-refractivity contribution in [3.05, 3.63) is 64.7 Å². The summed E-state index contributed by atoms with van der Waals surface area (Å²) < 4.78 is 14.8. The number of likely N-dealkylation sites (tertiary alicyclic amines) is 1. The lowest BCUT2D eigenvalue weighted by molar-refractivity contribution is 0.0493. The minimum atomic E-state index is -0.602. The van der Waals surface area contributed by atoms with E-state index in [4.69, 9.17) is 14.2 Å². The lowest BCUT2D eigenvalue weighted by Gasteiger charge is -2.39. The van der Waals surface area contributed by atoms with E-state index in [1.54, 1.807) is 34.9 Å². The molecule has 2 heterocycles. The van der Waals surface area contributed by atoms with Crippen LogP contribution >= 0.6 is 0 Å². The highest BCUT2D eigenvalue weighted by Gasteiger charge is 2.42. The van der Waals surface area contributed by atoms with Crippen molar-refractivity contribution in [3.63, 3.8) is 0 Å². The Labute approximate surface area is 209 Å². The molecule has 4 rings (SSSR count). The normalized spacial score (nSPS) is 17.4. The minimum absolute atomic E-state index is 0.116. The van der Waals surface area contributed by atoms with Crippen LogP contribution in [0.4, 0.5) is 10.5 Å². The second-order valence-electron chi connectivity index (χ2n) is 8.55. The van der Waals surface area contributed by atoms with Crippen LogP contribution in [0.25, 0.3) is 0 Å². The Morgan fingerprint density at radius 3 is 2.17 bits per heavy atom. The highest BCUT2D eigenvalue weighted by Crippen LogP contribution is 2.38. The number of piperidine rings is 1. The average molecular weight is 496 g/mol. The van der Waals surface area contributed by atoms with E-state index in [9.17, 15) is 19.2 Å². The molecule has 1 N–H and O–H groups in total. The molecule has 0 spiro atoms. The van der Waals surface area contributed by atoms with Gasteiger partial charge in [-0.25, -0.2) is 14.4 Å². The molecule has 2 aliphatic heterocycles. The lowest BCUT2D eigenvalue weighted by Crippen LogP contribution is -2.49. The molecule has 0 unspecified atom stereocenters. The summed E-state index contributed by atoms with van der Waals surface area (Å²) in [7, 11) is 2.52. The first-order chi connectivity index (χ1) is 17.4. The van der Waals surface area contributed by atoms with Crippen LogP contribution in [0, 0.1) is 0 Å². The quantitative estimate of drug-likeness (QED) is 0.479. The summed E-state index contributed by atoms with van der Waals surface area (Å²) in [5.74, 6) is -1.32. The number of amides is 2. The number of anilines is 1. The number of nitrogens with one attached hydrogen (secondary N) is 1. The van der Waals surface area contributed by atoms with E-state index in [1.807, 2.05) is 18.2 Å². The summed E-state index contributed by atoms with van der Waals surface area (Å²) in [6.45, 7) is 3.02. The van der Waals surface area contributed by atoms with E-state index in [-0.39, 0.29) is 29.2 Å². The van der Waals surface area contributed by atoms with Gasteiger partial charge in [-0.1, -0.05) is 18.2 Å². The number of ether oxygens (including phenoxy) is 3. The van der Waals surface area contributed by atoms with Gasteiger partial charge in [-0.3, -0.25) is 4.79 Å². The van der Waals surface area contributed by atoms with Gasteiger partial charge in [0.15, 0.2) is 0 Å². The topological polar surface area (TPSA) is 114 Å². The first-order valence-electron chi connectivity index (χ1n) is 11.8. The fourth-order valence-corrected chi connectivity index (χ4v) is 4.74. The van der Waals surface area contributed by atoms with Crippen LogP contribution in [-0.2, 0) is 14.2 Å². The van der Waals surface area contributed by atoms with Crippen molar-refractivity contribution in [2.45, 2.75) is 32.0 Å². The van der Waals surface area contributed by atoms with Gasteiger partial charge in [0.1, 0.15) is 6.17 Å². The first kappa shape index (κ1) is 25.0. The zero-order valence-corrected chi connectivity index (χ0v) is 20.5. The molecule has 0 aliphatic carbocycles. The number of esters is 2. The van der Waals surface area contributed by atoms with Crippen LogP contribution in [0.15, 0.2) is 42.5 Å². The number of fused-ring (bicyclic) bond motifs is 1. The van der Waals surface area contributed by atoms with E-state index in [1.165, 1.54) is 20.3 Å². The van der Waals surface area contributed by atoms with Crippen molar-refractivity contribution in [2.24, 2.45) is 0 Å². The summed E-state index contributed by atoms with van der Waals surface area (Å²) in [4.78, 5) is 53.6. The van der Waals surface area contributed by atoms with Gasteiger partial charge in [-0.15, -0.1) is 0 Å². The van der Waals surface area contributed by atoms with E-state index in [2.05, 4.69) is 5.32 Å². The first-order valence-corrected chi connectivity index (χ1v) is 11.8. The maximum atomic E-state index is 13.5. The number of hydrogen-bond acceptors (Lipinski definition) is 8. The third kappa shape index (κ3) is 4.84. The molecule has 10 nitrogen and oxygen atoms in total. The molecule has 36 heavy (non-hydrogen) atoms. The number of rotatable bonds is 6. The highest BCUT2D eigenvalue weighted by molar-refractivity contribution is 6.00. The summed E-state index contributed by atoms with van der Waals surface area (Å²) >= 11 is 0. The Morgan fingerprint density at radius 2 is 1.58 bits per heavy atom. The molecule has 2 amide bonds. The second kappa shape index (κ2) is 10.7. The van der Waals surface area contributed by atoms with Crippen molar-refractivity contribution < 1.29 is 33.4 Å². The van der Waals surface area contributed by atoms with E-state index in [0.29, 0.717) is 43.8 Å². The SMILES string of the molecule is CCOC(=O)N1CCC(N2C(=O)c3ccccc3[C@@H]2Nc2cc(C(=O)OC)cc(C(=O)OC)c2)CC1. The molecule has 10 heteroatoms. The predicted octanol–water partition coefficient (Wildman–Crippen LogP) is 3.45. The molecule has 0 saturated carbocycles. The largest absolute Gasteiger partial charge is 0.465 e. The molecule has 1 saturated heterocycles. The maximum absolute atomic E-state index is 13.5. The molecule has 1 fully saturated rings. The fraction of sp³-hybridized carbons (Fsp3) is 0.385. The third-order valence-electron chi connectivity index (χ3n) is 6.46. The number of hydrogen-bond donors (Lipinski definition) is 1. The van der Waals surface area contributed by atoms with Gasteiger partial charge in [-0.2, -0.15) is 0 Å². The molecule has 190 valence electrons. The molecule has 2 aliphatic rings. The van der Waals surface area contributed by atoms with Crippen molar-refractivity contribution in [3.8, 4) is 0 Å². The number of carbonyl (C=O) groups excluding carboxylic acids is 4. The number of benzene rings is 2. The third-order valence-corrected chi connectivity index (χ3v) is 6.46. The number of carbonyl (C=O) groups is 4. The smallest absolute Gasteiger partial charge is 0.409 e. The van der Waals surface area contributed by atoms with Crippen LogP contribution in [0.3, 0.4) is 0 Å². The Bertz CT molecular complexity index is 1140. The summed E-state index contributed by atoms with van der Waals surface area (Å²) in [6.07, 6.45) is 0.293. The summed E-state index contributed by atoms with van der Waals surface area (Å²) in [5, 5.41) is 3.35. The van der Waals surface area contributed by atoms with Crippen molar-refractivity contribution in [2.75, 3.05) is 39.2 Å². The Balaban J connectivity index is 1.65. The monoisotopic (exact) mass is 495 g/mol. The summed E-state index contributed by atoms with van der Waals surface area (Å²) in [6, 6.07) is 11.8. The van der Waals surface area contributed by atoms with Gasteiger partial charge in [0, 0.05) is 35.9 Å². The number of nitrogens with zero attached hydrogens (tertiary/aromatic N) is 2. The van der Waals surface area contributed by atoms with Gasteiger partial charge in [0.2, 0.25) is 0 Å². The molecule has 2 aromatic carbocycles. The van der Waals surface area contributed by atoms with Crippen molar-refractivity contribution in [1.29, 1.82) is 0 Å². The molecule has 1 atom stereocenters. The van der Waals surface area contributed by atoms with Gasteiger partial charge in [0.05, 0.1) is 32.0 Å². The molecule has 2 aromatic rings. The molecule has 0 aromatic heterocycles. The van der Waals surface area contributed by atoms with Crippen LogP contribution in [0.5, 0.6) is 0 Å². The van der Waals surface area contributed by atoms with Crippen molar-refractivity contribution in [1.82, 2.24) is 9.80 Å². The fourth-order valence-electron chi connectivity index (χ4n) is 4.74. The van der Waals surface area contributed by atoms with Gasteiger partial charge in [-0.05, 0) is 44.0 Å². The van der Waals surface area contributed by atoms with E-state index < -0.39 is 18.1 Å². The molecule has 0 radical (unpaired) electrons. The minimum Gasteiger partial charge on any atom is -0.465 e. The highest BCUT2D eigenvalue weighted by atomic mass is 16.6. The van der Waals surface area contributed by atoms with Crippen LogP contribution in [-0.4, -0.2) is 73.7 Å².